The van der Waals surface area contributed by atoms with Gasteiger partial charge in [-0.25, -0.2) is 4.79 Å². The normalized spacial score (nSPS) is 15.7. The average Bonchev–Trinajstić information content (AvgIpc) is 2.80. The van der Waals surface area contributed by atoms with Crippen LogP contribution in [0.2, 0.25) is 0 Å². The van der Waals surface area contributed by atoms with Crippen molar-refractivity contribution < 1.29 is 14.3 Å². The first-order chi connectivity index (χ1) is 10.2. The molecular formula is C16H12N2O3. The van der Waals surface area contributed by atoms with E-state index < -0.39 is 11.9 Å². The smallest absolute Gasteiger partial charge is 0.326 e. The van der Waals surface area contributed by atoms with Gasteiger partial charge >= 0.3 is 6.03 Å². The molecule has 3 amide bonds. The van der Waals surface area contributed by atoms with Gasteiger partial charge in [0.05, 0.1) is 0 Å². The molecule has 0 unspecified atom stereocenters. The molecule has 2 N–H and O–H groups in total. The number of carbonyl (C=O) groups excluding carboxylic acids is 2. The summed E-state index contributed by atoms with van der Waals surface area (Å²) in [6.45, 7) is 0. The molecule has 21 heavy (non-hydrogen) atoms. The van der Waals surface area contributed by atoms with Gasteiger partial charge in [0.25, 0.3) is 5.91 Å². The van der Waals surface area contributed by atoms with Crippen molar-refractivity contribution in [2.45, 2.75) is 0 Å². The lowest BCUT2D eigenvalue weighted by Crippen LogP contribution is -2.22. The van der Waals surface area contributed by atoms with Gasteiger partial charge in [-0.2, -0.15) is 0 Å². The summed E-state index contributed by atoms with van der Waals surface area (Å²) in [7, 11) is 0. The van der Waals surface area contributed by atoms with Crippen LogP contribution in [0.25, 0.3) is 6.08 Å². The van der Waals surface area contributed by atoms with Crippen LogP contribution < -0.4 is 15.4 Å². The molecule has 1 aliphatic heterocycles. The Hall–Kier alpha value is -3.08. The van der Waals surface area contributed by atoms with Crippen molar-refractivity contribution >= 4 is 18.0 Å². The summed E-state index contributed by atoms with van der Waals surface area (Å²) in [6, 6.07) is 16.2. The Morgan fingerprint density at radius 2 is 1.48 bits per heavy atom. The molecule has 5 nitrogen and oxygen atoms in total. The van der Waals surface area contributed by atoms with Crippen molar-refractivity contribution in [2.24, 2.45) is 0 Å². The zero-order valence-electron chi connectivity index (χ0n) is 11.0. The summed E-state index contributed by atoms with van der Waals surface area (Å²) in [5.41, 5.74) is 1.03. The summed E-state index contributed by atoms with van der Waals surface area (Å²) in [5, 5.41) is 4.59. The summed E-state index contributed by atoms with van der Waals surface area (Å²) in [6.07, 6.45) is 1.60. The third-order valence-electron chi connectivity index (χ3n) is 2.89. The lowest BCUT2D eigenvalue weighted by molar-refractivity contribution is -0.115. The minimum absolute atomic E-state index is 0.233. The van der Waals surface area contributed by atoms with Crippen LogP contribution in [0, 0.1) is 0 Å². The fourth-order valence-corrected chi connectivity index (χ4v) is 1.91. The van der Waals surface area contributed by atoms with Gasteiger partial charge < -0.3 is 10.1 Å². The van der Waals surface area contributed by atoms with Gasteiger partial charge in [-0.1, -0.05) is 30.3 Å². The fraction of sp³-hybridized carbons (Fsp3) is 0. The number of hydrogen-bond donors (Lipinski definition) is 2. The molecule has 2 aromatic carbocycles. The van der Waals surface area contributed by atoms with Gasteiger partial charge in [-0.15, -0.1) is 0 Å². The number of para-hydroxylation sites is 1. The van der Waals surface area contributed by atoms with E-state index in [0.29, 0.717) is 5.75 Å². The van der Waals surface area contributed by atoms with E-state index in [2.05, 4.69) is 10.6 Å². The molecule has 0 spiro atoms. The number of nitrogens with one attached hydrogen (secondary N) is 2. The molecule has 104 valence electrons. The van der Waals surface area contributed by atoms with E-state index in [1.165, 1.54) is 0 Å². The molecule has 2 aromatic rings. The number of urea groups is 1. The molecule has 0 bridgehead atoms. The zero-order valence-corrected chi connectivity index (χ0v) is 11.0. The second kappa shape index (κ2) is 5.50. The molecule has 0 aromatic heterocycles. The molecule has 1 saturated heterocycles. The van der Waals surface area contributed by atoms with Crippen molar-refractivity contribution in [1.29, 1.82) is 0 Å². The Balaban J connectivity index is 1.74. The lowest BCUT2D eigenvalue weighted by atomic mass is 10.2. The SMILES string of the molecule is O=C1NC(=O)/C(=C/c2ccc(Oc3ccccc3)cc2)N1. The third kappa shape index (κ3) is 3.09. The van der Waals surface area contributed by atoms with E-state index in [1.54, 1.807) is 18.2 Å². The number of amides is 3. The first-order valence-corrected chi connectivity index (χ1v) is 6.38. The topological polar surface area (TPSA) is 67.4 Å². The highest BCUT2D eigenvalue weighted by Crippen LogP contribution is 2.21. The zero-order chi connectivity index (χ0) is 14.7. The predicted octanol–water partition coefficient (Wildman–Crippen LogP) is 2.66. The maximum Gasteiger partial charge on any atom is 0.326 e. The van der Waals surface area contributed by atoms with Crippen molar-refractivity contribution in [1.82, 2.24) is 10.6 Å². The second-order valence-corrected chi connectivity index (χ2v) is 4.45. The highest BCUT2D eigenvalue weighted by atomic mass is 16.5. The van der Waals surface area contributed by atoms with E-state index in [-0.39, 0.29) is 5.70 Å². The van der Waals surface area contributed by atoms with Crippen LogP contribution in [-0.4, -0.2) is 11.9 Å². The lowest BCUT2D eigenvalue weighted by Gasteiger charge is -2.05. The predicted molar refractivity (Wildman–Crippen MR) is 77.6 cm³/mol. The van der Waals surface area contributed by atoms with Crippen LogP contribution in [0.3, 0.4) is 0 Å². The highest BCUT2D eigenvalue weighted by molar-refractivity contribution is 6.13. The molecule has 5 heteroatoms. The number of imide groups is 1. The highest BCUT2D eigenvalue weighted by Gasteiger charge is 2.22. The summed E-state index contributed by atoms with van der Waals surface area (Å²) >= 11 is 0. The minimum Gasteiger partial charge on any atom is -0.457 e. The fourth-order valence-electron chi connectivity index (χ4n) is 1.91. The number of rotatable bonds is 3. The molecule has 1 heterocycles. The molecule has 1 fully saturated rings. The molecule has 1 aliphatic rings. The number of ether oxygens (including phenoxy) is 1. The molecule has 3 rings (SSSR count). The van der Waals surface area contributed by atoms with Crippen molar-refractivity contribution in [3.63, 3.8) is 0 Å². The summed E-state index contributed by atoms with van der Waals surface area (Å²) < 4.78 is 5.67. The van der Waals surface area contributed by atoms with E-state index in [4.69, 9.17) is 4.74 Å². The third-order valence-corrected chi connectivity index (χ3v) is 2.89. The Labute approximate surface area is 121 Å². The van der Waals surface area contributed by atoms with Gasteiger partial charge in [0.1, 0.15) is 17.2 Å². The number of benzene rings is 2. The van der Waals surface area contributed by atoms with Crippen molar-refractivity contribution in [3.8, 4) is 11.5 Å². The monoisotopic (exact) mass is 280 g/mol. The molecule has 0 atom stereocenters. The summed E-state index contributed by atoms with van der Waals surface area (Å²) in [5.74, 6) is 1.03. The van der Waals surface area contributed by atoms with Gasteiger partial charge in [-0.3, -0.25) is 10.1 Å². The molecule has 0 aliphatic carbocycles. The van der Waals surface area contributed by atoms with E-state index >= 15 is 0 Å². The minimum atomic E-state index is -0.504. The van der Waals surface area contributed by atoms with Crippen molar-refractivity contribution in [3.05, 3.63) is 65.9 Å². The standard InChI is InChI=1S/C16H12N2O3/c19-15-14(17-16(20)18-15)10-11-6-8-13(9-7-11)21-12-4-2-1-3-5-12/h1-10H,(H2,17,18,19,20)/b14-10-. The van der Waals surface area contributed by atoms with Crippen LogP contribution in [-0.2, 0) is 4.79 Å². The maximum absolute atomic E-state index is 11.4. The van der Waals surface area contributed by atoms with Gasteiger partial charge in [-0.05, 0) is 35.9 Å². The van der Waals surface area contributed by atoms with Crippen molar-refractivity contribution in [2.75, 3.05) is 0 Å². The first kappa shape index (κ1) is 12.9. The van der Waals surface area contributed by atoms with Crippen LogP contribution in [0.15, 0.2) is 60.3 Å². The maximum atomic E-state index is 11.4. The van der Waals surface area contributed by atoms with Gasteiger partial charge in [0.2, 0.25) is 0 Å². The largest absolute Gasteiger partial charge is 0.457 e. The van der Waals surface area contributed by atoms with E-state index in [0.717, 1.165) is 11.3 Å². The van der Waals surface area contributed by atoms with Crippen LogP contribution in [0.4, 0.5) is 4.79 Å². The molecule has 0 saturated carbocycles. The quantitative estimate of drug-likeness (QED) is 0.671. The summed E-state index contributed by atoms with van der Waals surface area (Å²) in [4.78, 5) is 22.4. The first-order valence-electron chi connectivity index (χ1n) is 6.38. The van der Waals surface area contributed by atoms with Gasteiger partial charge in [0.15, 0.2) is 0 Å². The Bertz CT molecular complexity index is 706. The van der Waals surface area contributed by atoms with Crippen LogP contribution in [0.5, 0.6) is 11.5 Å². The Kier molecular flexibility index (Phi) is 3.39. The van der Waals surface area contributed by atoms with Crippen LogP contribution in [0.1, 0.15) is 5.56 Å². The van der Waals surface area contributed by atoms with Gasteiger partial charge in [0, 0.05) is 0 Å². The Morgan fingerprint density at radius 3 is 2.10 bits per heavy atom. The molecule has 0 radical (unpaired) electrons. The van der Waals surface area contributed by atoms with Crippen LogP contribution >= 0.6 is 0 Å². The number of hydrogen-bond acceptors (Lipinski definition) is 3. The van der Waals surface area contributed by atoms with E-state index in [1.807, 2.05) is 42.5 Å². The second-order valence-electron chi connectivity index (χ2n) is 4.45. The molecular weight excluding hydrogens is 268 g/mol. The number of carbonyl (C=O) groups is 2. The Morgan fingerprint density at radius 1 is 0.810 bits per heavy atom. The average molecular weight is 280 g/mol. The van der Waals surface area contributed by atoms with E-state index in [9.17, 15) is 9.59 Å².